The van der Waals surface area contributed by atoms with E-state index in [4.69, 9.17) is 4.74 Å². The van der Waals surface area contributed by atoms with Crippen molar-refractivity contribution in [2.45, 2.75) is 38.8 Å². The molecule has 138 valence electrons. The van der Waals surface area contributed by atoms with Crippen molar-refractivity contribution in [3.8, 4) is 5.06 Å². The fraction of sp³-hybridized carbons (Fsp3) is 0.368. The molecule has 1 aliphatic heterocycles. The van der Waals surface area contributed by atoms with E-state index in [1.54, 1.807) is 0 Å². The van der Waals surface area contributed by atoms with E-state index in [0.717, 1.165) is 33.3 Å². The van der Waals surface area contributed by atoms with Gasteiger partial charge in [-0.05, 0) is 36.1 Å². The molecular formula is C19H20BrNO4S. The van der Waals surface area contributed by atoms with Crippen molar-refractivity contribution in [3.05, 3.63) is 50.8 Å². The van der Waals surface area contributed by atoms with Gasteiger partial charge in [0.25, 0.3) is 0 Å². The Hall–Kier alpha value is -1.70. The Labute approximate surface area is 164 Å². The van der Waals surface area contributed by atoms with Crippen LogP contribution in [0.3, 0.4) is 0 Å². The third-order valence-electron chi connectivity index (χ3n) is 4.34. The summed E-state index contributed by atoms with van der Waals surface area (Å²) in [7, 11) is 0. The van der Waals surface area contributed by atoms with Crippen LogP contribution in [0.1, 0.15) is 41.8 Å². The summed E-state index contributed by atoms with van der Waals surface area (Å²) in [5.41, 5.74) is 1.78. The van der Waals surface area contributed by atoms with Crippen LogP contribution in [0, 0.1) is 0 Å². The molecule has 1 atom stereocenters. The highest BCUT2D eigenvalue weighted by Gasteiger charge is 2.32. The zero-order valence-electron chi connectivity index (χ0n) is 14.4. The average molecular weight is 438 g/mol. The number of carbonyl (C=O) groups is 2. The van der Waals surface area contributed by atoms with E-state index in [0.29, 0.717) is 24.6 Å². The molecule has 0 aliphatic carbocycles. The molecule has 0 fully saturated rings. The van der Waals surface area contributed by atoms with Crippen LogP contribution < -0.4 is 4.74 Å². The van der Waals surface area contributed by atoms with Crippen LogP contribution >= 0.6 is 27.3 Å². The van der Waals surface area contributed by atoms with Gasteiger partial charge in [0.2, 0.25) is 0 Å². The van der Waals surface area contributed by atoms with E-state index in [-0.39, 0.29) is 5.97 Å². The Balaban J connectivity index is 1.80. The number of benzene rings is 1. The smallest absolute Gasteiger partial charge is 0.325 e. The highest BCUT2D eigenvalue weighted by Crippen LogP contribution is 2.37. The van der Waals surface area contributed by atoms with Gasteiger partial charge in [0.1, 0.15) is 6.04 Å². The average Bonchev–Trinajstić information content (AvgIpc) is 2.98. The minimum atomic E-state index is -0.870. The lowest BCUT2D eigenvalue weighted by atomic mass is 10.0. The van der Waals surface area contributed by atoms with Gasteiger partial charge in [-0.25, -0.2) is 0 Å². The summed E-state index contributed by atoms with van der Waals surface area (Å²) in [6.07, 6.45) is 1.90. The Kier molecular flexibility index (Phi) is 6.11. The number of hydrogen-bond donors (Lipinski definition) is 1. The molecule has 0 spiro atoms. The number of carboxylic acids is 1. The summed E-state index contributed by atoms with van der Waals surface area (Å²) in [5, 5.41) is 10.4. The molecule has 2 heterocycles. The summed E-state index contributed by atoms with van der Waals surface area (Å²) in [5.74, 6) is -1.09. The molecule has 1 N–H and O–H groups in total. The van der Waals surface area contributed by atoms with Crippen LogP contribution in [0.4, 0.5) is 0 Å². The van der Waals surface area contributed by atoms with Crippen molar-refractivity contribution in [3.63, 3.8) is 0 Å². The minimum Gasteiger partial charge on any atom is -0.480 e. The lowest BCUT2D eigenvalue weighted by Crippen LogP contribution is -2.37. The monoisotopic (exact) mass is 437 g/mol. The number of halogens is 1. The molecular weight excluding hydrogens is 418 g/mol. The summed E-state index contributed by atoms with van der Waals surface area (Å²) < 4.78 is 6.18. The van der Waals surface area contributed by atoms with Gasteiger partial charge in [0, 0.05) is 28.9 Å². The van der Waals surface area contributed by atoms with E-state index in [2.05, 4.69) is 15.9 Å². The van der Waals surface area contributed by atoms with Gasteiger partial charge >= 0.3 is 11.9 Å². The lowest BCUT2D eigenvalue weighted by Gasteiger charge is -2.32. The third-order valence-corrected chi connectivity index (χ3v) is 6.18. The maximum Gasteiger partial charge on any atom is 0.325 e. The van der Waals surface area contributed by atoms with Crippen molar-refractivity contribution in [1.82, 2.24) is 4.90 Å². The predicted octanol–water partition coefficient (Wildman–Crippen LogP) is 4.40. The first kappa shape index (κ1) is 19.1. The van der Waals surface area contributed by atoms with Crippen molar-refractivity contribution in [2.75, 3.05) is 6.54 Å². The first-order chi connectivity index (χ1) is 12.5. The van der Waals surface area contributed by atoms with Gasteiger partial charge < -0.3 is 9.84 Å². The number of rotatable bonds is 6. The van der Waals surface area contributed by atoms with Crippen LogP contribution in [0.2, 0.25) is 0 Å². The molecule has 0 radical (unpaired) electrons. The normalized spacial score (nSPS) is 15.3. The van der Waals surface area contributed by atoms with E-state index in [9.17, 15) is 14.7 Å². The first-order valence-electron chi connectivity index (χ1n) is 8.53. The second-order valence-electron chi connectivity index (χ2n) is 6.22. The number of fused-ring (bicyclic) bond motifs is 1. The maximum atomic E-state index is 12.0. The topological polar surface area (TPSA) is 66.8 Å². The van der Waals surface area contributed by atoms with E-state index < -0.39 is 12.0 Å². The molecule has 0 saturated carbocycles. The highest BCUT2D eigenvalue weighted by molar-refractivity contribution is 9.10. The predicted molar refractivity (Wildman–Crippen MR) is 103 cm³/mol. The zero-order chi connectivity index (χ0) is 18.7. The van der Waals surface area contributed by atoms with Crippen LogP contribution in [0.15, 0.2) is 34.8 Å². The number of carboxylic acid groups (broad SMARTS) is 1. The SMILES string of the molecule is CCCC(=O)Oc1cc2c(s1)CCN(C(C(=O)O)c1ccccc1Br)C2. The van der Waals surface area contributed by atoms with Crippen molar-refractivity contribution in [2.24, 2.45) is 0 Å². The van der Waals surface area contributed by atoms with Gasteiger partial charge in [-0.2, -0.15) is 0 Å². The van der Waals surface area contributed by atoms with E-state index in [1.807, 2.05) is 42.2 Å². The number of ether oxygens (including phenoxy) is 1. The van der Waals surface area contributed by atoms with Gasteiger partial charge in [0.05, 0.1) is 0 Å². The van der Waals surface area contributed by atoms with Gasteiger partial charge in [0.15, 0.2) is 5.06 Å². The van der Waals surface area contributed by atoms with Gasteiger partial charge in [-0.1, -0.05) is 41.1 Å². The standard InChI is InChI=1S/C19H20BrNO4S/c1-2-5-16(22)25-17-10-12-11-21(9-8-15(12)26-17)18(19(23)24)13-6-3-4-7-14(13)20/h3-4,6-7,10,18H,2,5,8-9,11H2,1H3,(H,23,24). The summed E-state index contributed by atoms with van der Waals surface area (Å²) in [4.78, 5) is 26.8. The largest absolute Gasteiger partial charge is 0.480 e. The summed E-state index contributed by atoms with van der Waals surface area (Å²) >= 11 is 4.95. The maximum absolute atomic E-state index is 12.0. The molecule has 3 rings (SSSR count). The molecule has 0 bridgehead atoms. The molecule has 1 aliphatic rings. The Morgan fingerprint density at radius 2 is 2.15 bits per heavy atom. The van der Waals surface area contributed by atoms with Gasteiger partial charge in [-0.3, -0.25) is 14.5 Å². The fourth-order valence-corrected chi connectivity index (χ4v) is 4.68. The number of esters is 1. The lowest BCUT2D eigenvalue weighted by molar-refractivity contribution is -0.144. The van der Waals surface area contributed by atoms with Crippen molar-refractivity contribution in [1.29, 1.82) is 0 Å². The van der Waals surface area contributed by atoms with Crippen LogP contribution in [0.5, 0.6) is 5.06 Å². The number of hydrogen-bond acceptors (Lipinski definition) is 5. The Morgan fingerprint density at radius 3 is 2.85 bits per heavy atom. The minimum absolute atomic E-state index is 0.223. The van der Waals surface area contributed by atoms with E-state index >= 15 is 0 Å². The molecule has 26 heavy (non-hydrogen) atoms. The summed E-state index contributed by atoms with van der Waals surface area (Å²) in [6, 6.07) is 8.57. The zero-order valence-corrected chi connectivity index (χ0v) is 16.8. The second kappa shape index (κ2) is 8.33. The molecule has 7 heteroatoms. The second-order valence-corrected chi connectivity index (χ2v) is 8.17. The number of nitrogens with zero attached hydrogens (tertiary/aromatic N) is 1. The van der Waals surface area contributed by atoms with Crippen LogP contribution in [-0.4, -0.2) is 28.5 Å². The van der Waals surface area contributed by atoms with Crippen molar-refractivity contribution >= 4 is 39.2 Å². The number of aliphatic carboxylic acids is 1. The number of thiophene rings is 1. The highest BCUT2D eigenvalue weighted by atomic mass is 79.9. The molecule has 1 aromatic carbocycles. The third kappa shape index (κ3) is 4.16. The van der Waals surface area contributed by atoms with E-state index in [1.165, 1.54) is 11.3 Å². The fourth-order valence-electron chi connectivity index (χ4n) is 3.15. The molecule has 1 unspecified atom stereocenters. The summed E-state index contributed by atoms with van der Waals surface area (Å²) in [6.45, 7) is 3.11. The Morgan fingerprint density at radius 1 is 1.38 bits per heavy atom. The molecule has 1 aromatic heterocycles. The molecule has 0 saturated heterocycles. The first-order valence-corrected chi connectivity index (χ1v) is 10.1. The Bertz CT molecular complexity index is 820. The van der Waals surface area contributed by atoms with Crippen LogP contribution in [-0.2, 0) is 22.6 Å². The molecule has 5 nitrogen and oxygen atoms in total. The quantitative estimate of drug-likeness (QED) is 0.678. The van der Waals surface area contributed by atoms with Crippen molar-refractivity contribution < 1.29 is 19.4 Å². The molecule has 0 amide bonds. The molecule has 2 aromatic rings. The van der Waals surface area contributed by atoms with Gasteiger partial charge in [-0.15, -0.1) is 11.3 Å². The van der Waals surface area contributed by atoms with Crippen LogP contribution in [0.25, 0.3) is 0 Å². The number of carbonyl (C=O) groups excluding carboxylic acids is 1.